The number of carboxylic acids is 1. The van der Waals surface area contributed by atoms with Crippen LogP contribution in [0.5, 0.6) is 5.75 Å². The van der Waals surface area contributed by atoms with E-state index in [-0.39, 0.29) is 5.56 Å². The first kappa shape index (κ1) is 13.9. The molecule has 0 bridgehead atoms. The smallest absolute Gasteiger partial charge is 0.335 e. The maximum absolute atomic E-state index is 11.0. The SMILES string of the molecule is COc1ccc(C(=O)O)cc1NCCc1ccccc1. The molecule has 2 aromatic carbocycles. The summed E-state index contributed by atoms with van der Waals surface area (Å²) in [5.74, 6) is -0.304. The maximum Gasteiger partial charge on any atom is 0.335 e. The normalized spacial score (nSPS) is 10.1. The van der Waals surface area contributed by atoms with Gasteiger partial charge in [-0.2, -0.15) is 0 Å². The standard InChI is InChI=1S/C16H17NO3/c1-20-15-8-7-13(16(18)19)11-14(15)17-10-9-12-5-3-2-4-6-12/h2-8,11,17H,9-10H2,1H3,(H,18,19). The van der Waals surface area contributed by atoms with Crippen molar-refractivity contribution >= 4 is 11.7 Å². The quantitative estimate of drug-likeness (QED) is 0.847. The third-order valence-corrected chi connectivity index (χ3v) is 3.02. The van der Waals surface area contributed by atoms with Crippen molar-refractivity contribution < 1.29 is 14.6 Å². The van der Waals surface area contributed by atoms with Gasteiger partial charge in [0.05, 0.1) is 18.4 Å². The average Bonchev–Trinajstić information content (AvgIpc) is 2.48. The summed E-state index contributed by atoms with van der Waals surface area (Å²) >= 11 is 0. The largest absolute Gasteiger partial charge is 0.495 e. The molecule has 0 atom stereocenters. The summed E-state index contributed by atoms with van der Waals surface area (Å²) in [4.78, 5) is 11.0. The Morgan fingerprint density at radius 3 is 2.60 bits per heavy atom. The van der Waals surface area contributed by atoms with Gasteiger partial charge in [0, 0.05) is 6.54 Å². The maximum atomic E-state index is 11.0. The lowest BCUT2D eigenvalue weighted by Gasteiger charge is -2.12. The molecule has 0 fully saturated rings. The monoisotopic (exact) mass is 271 g/mol. The predicted octanol–water partition coefficient (Wildman–Crippen LogP) is 3.05. The molecule has 4 heteroatoms. The zero-order valence-corrected chi connectivity index (χ0v) is 11.3. The van der Waals surface area contributed by atoms with Crippen molar-refractivity contribution in [1.82, 2.24) is 0 Å². The predicted molar refractivity (Wildman–Crippen MR) is 78.6 cm³/mol. The minimum absolute atomic E-state index is 0.244. The summed E-state index contributed by atoms with van der Waals surface area (Å²) in [6.07, 6.45) is 0.862. The molecule has 0 aliphatic heterocycles. The number of aromatic carboxylic acids is 1. The van der Waals surface area contributed by atoms with E-state index in [1.807, 2.05) is 18.2 Å². The molecule has 0 aliphatic rings. The number of hydrogen-bond acceptors (Lipinski definition) is 3. The molecular weight excluding hydrogens is 254 g/mol. The summed E-state index contributed by atoms with van der Waals surface area (Å²) in [6.45, 7) is 0.712. The Balaban J connectivity index is 2.04. The Labute approximate surface area is 118 Å². The molecule has 104 valence electrons. The number of rotatable bonds is 6. The Morgan fingerprint density at radius 1 is 1.20 bits per heavy atom. The molecule has 0 unspecified atom stereocenters. The van der Waals surface area contributed by atoms with E-state index in [0.29, 0.717) is 18.0 Å². The van der Waals surface area contributed by atoms with Gasteiger partial charge in [0.2, 0.25) is 0 Å². The van der Waals surface area contributed by atoms with E-state index in [0.717, 1.165) is 6.42 Å². The number of methoxy groups -OCH3 is 1. The second kappa shape index (κ2) is 6.61. The number of carboxylic acid groups (broad SMARTS) is 1. The van der Waals surface area contributed by atoms with Crippen molar-refractivity contribution in [3.63, 3.8) is 0 Å². The van der Waals surface area contributed by atoms with Crippen molar-refractivity contribution in [2.75, 3.05) is 19.0 Å². The van der Waals surface area contributed by atoms with Crippen LogP contribution in [-0.2, 0) is 6.42 Å². The molecule has 0 saturated carbocycles. The van der Waals surface area contributed by atoms with Gasteiger partial charge in [-0.1, -0.05) is 30.3 Å². The number of anilines is 1. The molecule has 20 heavy (non-hydrogen) atoms. The van der Waals surface area contributed by atoms with Crippen LogP contribution in [0.1, 0.15) is 15.9 Å². The van der Waals surface area contributed by atoms with E-state index >= 15 is 0 Å². The van der Waals surface area contributed by atoms with Gasteiger partial charge in [0.15, 0.2) is 0 Å². The van der Waals surface area contributed by atoms with E-state index in [4.69, 9.17) is 9.84 Å². The van der Waals surface area contributed by atoms with E-state index in [1.54, 1.807) is 19.2 Å². The van der Waals surface area contributed by atoms with Crippen molar-refractivity contribution in [1.29, 1.82) is 0 Å². The van der Waals surface area contributed by atoms with Gasteiger partial charge in [-0.05, 0) is 30.2 Å². The first-order chi connectivity index (χ1) is 9.70. The van der Waals surface area contributed by atoms with Crippen LogP contribution in [0.25, 0.3) is 0 Å². The molecule has 0 spiro atoms. The molecule has 4 nitrogen and oxygen atoms in total. The minimum Gasteiger partial charge on any atom is -0.495 e. The summed E-state index contributed by atoms with van der Waals surface area (Å²) in [7, 11) is 1.57. The summed E-state index contributed by atoms with van der Waals surface area (Å²) in [5.41, 5.74) is 2.17. The van der Waals surface area contributed by atoms with Gasteiger partial charge in [-0.15, -0.1) is 0 Å². The van der Waals surface area contributed by atoms with Crippen LogP contribution in [0, 0.1) is 0 Å². The third kappa shape index (κ3) is 3.51. The Morgan fingerprint density at radius 2 is 1.95 bits per heavy atom. The molecule has 2 aromatic rings. The second-order valence-electron chi connectivity index (χ2n) is 4.38. The molecule has 0 aromatic heterocycles. The van der Waals surface area contributed by atoms with Crippen LogP contribution in [0.15, 0.2) is 48.5 Å². The molecule has 0 saturated heterocycles. The number of ether oxygens (including phenoxy) is 1. The van der Waals surface area contributed by atoms with Crippen LogP contribution in [0.2, 0.25) is 0 Å². The zero-order valence-electron chi connectivity index (χ0n) is 11.3. The lowest BCUT2D eigenvalue weighted by atomic mass is 10.1. The second-order valence-corrected chi connectivity index (χ2v) is 4.38. The van der Waals surface area contributed by atoms with Crippen molar-refractivity contribution in [2.24, 2.45) is 0 Å². The summed E-state index contributed by atoms with van der Waals surface area (Å²) < 4.78 is 5.23. The lowest BCUT2D eigenvalue weighted by molar-refractivity contribution is 0.0697. The number of carbonyl (C=O) groups is 1. The van der Waals surface area contributed by atoms with Crippen LogP contribution >= 0.6 is 0 Å². The van der Waals surface area contributed by atoms with Gasteiger partial charge < -0.3 is 15.2 Å². The number of hydrogen-bond donors (Lipinski definition) is 2. The fourth-order valence-corrected chi connectivity index (χ4v) is 1.97. The van der Waals surface area contributed by atoms with E-state index < -0.39 is 5.97 Å². The van der Waals surface area contributed by atoms with Crippen molar-refractivity contribution in [3.05, 3.63) is 59.7 Å². The zero-order chi connectivity index (χ0) is 14.4. The lowest BCUT2D eigenvalue weighted by Crippen LogP contribution is -2.07. The highest BCUT2D eigenvalue weighted by Crippen LogP contribution is 2.25. The van der Waals surface area contributed by atoms with E-state index in [9.17, 15) is 4.79 Å². The Hall–Kier alpha value is -2.49. The Bertz CT molecular complexity index is 582. The highest BCUT2D eigenvalue weighted by Gasteiger charge is 2.08. The highest BCUT2D eigenvalue weighted by atomic mass is 16.5. The molecular formula is C16H17NO3. The van der Waals surface area contributed by atoms with Gasteiger partial charge in [-0.25, -0.2) is 4.79 Å². The summed E-state index contributed by atoms with van der Waals surface area (Å²) in [6, 6.07) is 14.9. The number of benzene rings is 2. The van der Waals surface area contributed by atoms with Crippen molar-refractivity contribution in [3.8, 4) is 5.75 Å². The molecule has 0 radical (unpaired) electrons. The van der Waals surface area contributed by atoms with Gasteiger partial charge in [0.25, 0.3) is 0 Å². The van der Waals surface area contributed by atoms with Crippen LogP contribution in [0.3, 0.4) is 0 Å². The van der Waals surface area contributed by atoms with Gasteiger partial charge >= 0.3 is 5.97 Å². The van der Waals surface area contributed by atoms with Crippen LogP contribution in [-0.4, -0.2) is 24.7 Å². The summed E-state index contributed by atoms with van der Waals surface area (Å²) in [5, 5.41) is 12.2. The van der Waals surface area contributed by atoms with Crippen molar-refractivity contribution in [2.45, 2.75) is 6.42 Å². The fraction of sp³-hybridized carbons (Fsp3) is 0.188. The molecule has 2 rings (SSSR count). The molecule has 0 heterocycles. The first-order valence-corrected chi connectivity index (χ1v) is 6.40. The minimum atomic E-state index is -0.946. The third-order valence-electron chi connectivity index (χ3n) is 3.02. The average molecular weight is 271 g/mol. The topological polar surface area (TPSA) is 58.6 Å². The van der Waals surface area contributed by atoms with E-state index in [1.165, 1.54) is 11.6 Å². The molecule has 0 aliphatic carbocycles. The molecule has 0 amide bonds. The highest BCUT2D eigenvalue weighted by molar-refractivity contribution is 5.89. The van der Waals surface area contributed by atoms with E-state index in [2.05, 4.69) is 17.4 Å². The number of nitrogens with one attached hydrogen (secondary N) is 1. The molecule has 2 N–H and O–H groups in total. The van der Waals surface area contributed by atoms with Gasteiger partial charge in [0.1, 0.15) is 5.75 Å². The first-order valence-electron chi connectivity index (χ1n) is 6.40. The van der Waals surface area contributed by atoms with Gasteiger partial charge in [-0.3, -0.25) is 0 Å². The fourth-order valence-electron chi connectivity index (χ4n) is 1.97. The Kier molecular flexibility index (Phi) is 4.60. The van der Waals surface area contributed by atoms with Crippen LogP contribution in [0.4, 0.5) is 5.69 Å². The van der Waals surface area contributed by atoms with Crippen LogP contribution < -0.4 is 10.1 Å².